The first-order valence-corrected chi connectivity index (χ1v) is 34.3. The fourth-order valence-corrected chi connectivity index (χ4v) is 7.23. The lowest BCUT2D eigenvalue weighted by atomic mass is 10.0. The molecule has 0 bridgehead atoms. The molecule has 7 aliphatic rings. The summed E-state index contributed by atoms with van der Waals surface area (Å²) in [5.41, 5.74) is -0.165. The number of hydrogen-bond acceptors (Lipinski definition) is 8. The molecule has 1 atom stereocenters. The predicted molar refractivity (Wildman–Crippen MR) is 355 cm³/mol. The smallest absolute Gasteiger partial charge is 0.254 e. The molecule has 0 aromatic heterocycles. The van der Waals surface area contributed by atoms with Crippen molar-refractivity contribution < 1.29 is 43.9 Å². The van der Waals surface area contributed by atoms with Gasteiger partial charge < -0.3 is 39.6 Å². The highest BCUT2D eigenvalue weighted by atomic mass is 19.1. The lowest BCUT2D eigenvalue weighted by Crippen LogP contribution is -2.33. The van der Waals surface area contributed by atoms with E-state index in [1.165, 1.54) is 173 Å². The van der Waals surface area contributed by atoms with Crippen molar-refractivity contribution in [3.63, 3.8) is 0 Å². The molecule has 7 fully saturated rings. The third-order valence-electron chi connectivity index (χ3n) is 13.8. The number of ketones is 1. The number of carbonyl (C=O) groups is 2. The summed E-state index contributed by atoms with van der Waals surface area (Å²) in [6, 6.07) is 6.21. The molecule has 0 radical (unpaired) electrons. The third-order valence-corrected chi connectivity index (χ3v) is 13.8. The molecular weight excluding hydrogens is 1030 g/mol. The first-order chi connectivity index (χ1) is 39.0. The average molecular weight is 1170 g/mol. The molecule has 0 spiro atoms. The summed E-state index contributed by atoms with van der Waals surface area (Å²) in [6.45, 7) is 38.7. The fraction of sp³-hybridized carbons (Fsp3) is 0.889. The van der Waals surface area contributed by atoms with E-state index in [1.54, 1.807) is 46.8 Å². The standard InChI is InChI=1S/C13H16FNO.C8H16.C7H14.3C6H12O.C6H14.C5H12.C4H8O.C4H10O.C4H8.C2H6O.CH4O/c1-2-9-15(12-7-8-12)13(16)10-3-5-11(14)6-4-10;1-2-3-4-5-8-6-7-8;1-2-3-4-7-5-6-7;1-6-2-4-7-5-3-6;1-2-6-4-3-5-7-6;1-3-4-5-6(2)7;1-3-5-6-4-2;1-3-5-4-2;1-4(5)2-3-4;1-4(2,3)5;1-4-2-3-4;1-2-3;1-2/h3-6,12H,2,7-9H2,1H3;8H,2-7H2,1H3;7H,2-6H2,1H3;2*6H,2-5H2,1H3;3-5H2,1-2H3;3-6H2,1-2H3;3-5H2,1-2H3;5H,2-3H2,1H3;5H,1-3H3;4H,2-3H2,1H3;3H,2H2,1H3;2H,1H3. The maximum atomic E-state index is 12.7. The van der Waals surface area contributed by atoms with Gasteiger partial charge in [-0.3, -0.25) is 4.79 Å². The largest absolute Gasteiger partial charge is 0.400 e. The predicted octanol–water partition coefficient (Wildman–Crippen LogP) is 20.3. The maximum Gasteiger partial charge on any atom is 0.254 e. The number of halogens is 1. The van der Waals surface area contributed by atoms with Crippen molar-refractivity contribution in [2.75, 3.05) is 40.1 Å². The molecule has 2 aliphatic heterocycles. The molecule has 1 aromatic carbocycles. The monoisotopic (exact) mass is 1170 g/mol. The van der Waals surface area contributed by atoms with Crippen LogP contribution in [0.4, 0.5) is 4.39 Å². The van der Waals surface area contributed by atoms with E-state index in [2.05, 4.69) is 76.2 Å². The molecule has 2 saturated heterocycles. The van der Waals surface area contributed by atoms with Crippen molar-refractivity contribution in [3.05, 3.63) is 35.6 Å². The summed E-state index contributed by atoms with van der Waals surface area (Å²) >= 11 is 0. The minimum absolute atomic E-state index is 0.0318. The molecule has 5 saturated carbocycles. The van der Waals surface area contributed by atoms with Crippen LogP contribution in [0.1, 0.15) is 340 Å². The molecule has 1 amide bonds. The molecular formula is C72H144FNO8. The van der Waals surface area contributed by atoms with Crippen LogP contribution in [0.25, 0.3) is 0 Å². The molecule has 5 aliphatic carbocycles. The van der Waals surface area contributed by atoms with Crippen LogP contribution >= 0.6 is 0 Å². The van der Waals surface area contributed by atoms with E-state index in [-0.39, 0.29) is 23.9 Å². The summed E-state index contributed by atoms with van der Waals surface area (Å²) in [7, 11) is 1.00. The van der Waals surface area contributed by atoms with Crippen LogP contribution in [0.5, 0.6) is 0 Å². The van der Waals surface area contributed by atoms with Crippen LogP contribution < -0.4 is 0 Å². The summed E-state index contributed by atoms with van der Waals surface area (Å²) in [5, 5.41) is 31.7. The number of aliphatic hydroxyl groups excluding tert-OH is 2. The third kappa shape index (κ3) is 82.3. The van der Waals surface area contributed by atoms with Gasteiger partial charge in [-0.2, -0.15) is 0 Å². The molecule has 4 N–H and O–H groups in total. The SMILES string of the molecule is CC(C)(C)O.CC1(O)CC1.CC1CC1.CC1CCOCC1.CCC1CCCO1.CCCCC.CCCCC(C)=O.CCCCC1CC1.CCCCCC.CCCCCC1CC1.CCCN(C(=O)c1ccc(F)cc1)C1CC1.CCO.CO. The minimum Gasteiger partial charge on any atom is -0.400 e. The Kier molecular flexibility index (Phi) is 68.8. The Morgan fingerprint density at radius 2 is 1.01 bits per heavy atom. The van der Waals surface area contributed by atoms with Crippen LogP contribution in [0.15, 0.2) is 24.3 Å². The van der Waals surface area contributed by atoms with Crippen molar-refractivity contribution in [1.82, 2.24) is 4.90 Å². The Bertz CT molecular complexity index is 1390. The van der Waals surface area contributed by atoms with E-state index in [4.69, 9.17) is 29.9 Å². The Morgan fingerprint density at radius 1 is 0.610 bits per heavy atom. The number of aliphatic hydroxyl groups is 4. The van der Waals surface area contributed by atoms with E-state index >= 15 is 0 Å². The zero-order valence-corrected chi connectivity index (χ0v) is 57.9. The first-order valence-electron chi connectivity index (χ1n) is 34.3. The van der Waals surface area contributed by atoms with Crippen LogP contribution in [0.3, 0.4) is 0 Å². The molecule has 1 unspecified atom stereocenters. The van der Waals surface area contributed by atoms with Gasteiger partial charge in [0.2, 0.25) is 0 Å². The van der Waals surface area contributed by atoms with E-state index in [1.807, 2.05) is 11.8 Å². The number of Topliss-reactive ketones (excluding diaryl/α,β-unsaturated/α-hetero) is 1. The zero-order valence-electron chi connectivity index (χ0n) is 57.9. The molecule has 10 heteroatoms. The lowest BCUT2D eigenvalue weighted by Gasteiger charge is -2.21. The van der Waals surface area contributed by atoms with Gasteiger partial charge >= 0.3 is 0 Å². The number of benzene rings is 1. The number of ether oxygens (including phenoxy) is 2. The molecule has 8 rings (SSSR count). The average Bonchev–Trinajstić information content (AvgIpc) is 4.18. The van der Waals surface area contributed by atoms with Crippen LogP contribution in [0, 0.1) is 29.5 Å². The quantitative estimate of drug-likeness (QED) is 0.0948. The van der Waals surface area contributed by atoms with E-state index < -0.39 is 5.60 Å². The van der Waals surface area contributed by atoms with Crippen molar-refractivity contribution in [2.24, 2.45) is 23.7 Å². The van der Waals surface area contributed by atoms with E-state index in [9.17, 15) is 14.0 Å². The summed E-state index contributed by atoms with van der Waals surface area (Å²) < 4.78 is 23.2. The second-order valence-electron chi connectivity index (χ2n) is 25.1. The van der Waals surface area contributed by atoms with Gasteiger partial charge in [-0.25, -0.2) is 4.39 Å². The van der Waals surface area contributed by atoms with Crippen molar-refractivity contribution in [3.8, 4) is 0 Å². The second-order valence-corrected chi connectivity index (χ2v) is 25.1. The number of carbonyl (C=O) groups excluding carboxylic acids is 2. The first kappa shape index (κ1) is 88.8. The zero-order chi connectivity index (χ0) is 63.5. The molecule has 492 valence electrons. The van der Waals surface area contributed by atoms with Crippen molar-refractivity contribution >= 4 is 11.7 Å². The molecule has 82 heavy (non-hydrogen) atoms. The number of amides is 1. The Morgan fingerprint density at radius 3 is 1.26 bits per heavy atom. The van der Waals surface area contributed by atoms with E-state index in [0.717, 1.165) is 109 Å². The van der Waals surface area contributed by atoms with Crippen molar-refractivity contribution in [1.29, 1.82) is 0 Å². The fourth-order valence-electron chi connectivity index (χ4n) is 7.23. The van der Waals surface area contributed by atoms with Gasteiger partial charge in [-0.15, -0.1) is 0 Å². The lowest BCUT2D eigenvalue weighted by molar-refractivity contribution is -0.117. The summed E-state index contributed by atoms with van der Waals surface area (Å²) in [5.74, 6) is 4.34. The van der Waals surface area contributed by atoms with Gasteiger partial charge in [-0.05, 0) is 160 Å². The van der Waals surface area contributed by atoms with Gasteiger partial charge in [0.15, 0.2) is 0 Å². The normalized spacial score (nSPS) is 17.4. The van der Waals surface area contributed by atoms with Crippen LogP contribution in [-0.2, 0) is 14.3 Å². The Labute approximate surface area is 510 Å². The maximum absolute atomic E-state index is 12.7. The summed E-state index contributed by atoms with van der Waals surface area (Å²) in [6.07, 6.45) is 43.9. The Hall–Kier alpha value is -1.95. The van der Waals surface area contributed by atoms with Crippen molar-refractivity contribution in [2.45, 2.75) is 353 Å². The highest BCUT2D eigenvalue weighted by Gasteiger charge is 2.34. The van der Waals surface area contributed by atoms with Gasteiger partial charge in [-0.1, -0.05) is 211 Å². The van der Waals surface area contributed by atoms with Gasteiger partial charge in [0.05, 0.1) is 17.3 Å². The number of nitrogens with zero attached hydrogens (tertiary/aromatic N) is 1. The Balaban J connectivity index is -0.000000269. The molecule has 1 aromatic rings. The molecule has 2 heterocycles. The summed E-state index contributed by atoms with van der Waals surface area (Å²) in [4.78, 5) is 24.2. The van der Waals surface area contributed by atoms with Gasteiger partial charge in [0, 0.05) is 58.1 Å². The number of unbranched alkanes of at least 4 members (excludes halogenated alkanes) is 9. The highest BCUT2D eigenvalue weighted by Crippen LogP contribution is 2.35. The minimum atomic E-state index is -0.500. The van der Waals surface area contributed by atoms with Gasteiger partial charge in [0.25, 0.3) is 5.91 Å². The number of hydrogen-bond donors (Lipinski definition) is 4. The van der Waals surface area contributed by atoms with Gasteiger partial charge in [0.1, 0.15) is 11.6 Å². The van der Waals surface area contributed by atoms with Crippen LogP contribution in [0.2, 0.25) is 0 Å². The second kappa shape index (κ2) is 63.5. The topological polar surface area (TPSA) is 137 Å². The van der Waals surface area contributed by atoms with Crippen LogP contribution in [-0.4, -0.2) is 100 Å². The highest BCUT2D eigenvalue weighted by molar-refractivity contribution is 5.94. The molecule has 9 nitrogen and oxygen atoms in total. The van der Waals surface area contributed by atoms with E-state index in [0.29, 0.717) is 23.5 Å². The number of rotatable bonds is 20.